The van der Waals surface area contributed by atoms with Gasteiger partial charge in [0.25, 0.3) is 0 Å². The highest BCUT2D eigenvalue weighted by Gasteiger charge is 2.11. The smallest absolute Gasteiger partial charge is 0.130 e. The average Bonchev–Trinajstić information content (AvgIpc) is 2.12. The van der Waals surface area contributed by atoms with Gasteiger partial charge < -0.3 is 11.1 Å². The maximum absolute atomic E-state index is 5.69. The lowest BCUT2D eigenvalue weighted by molar-refractivity contribution is 0.529. The number of nitrogens with two attached hydrogens (primary N) is 1. The first-order valence-electron chi connectivity index (χ1n) is 5.31. The van der Waals surface area contributed by atoms with E-state index in [4.69, 9.17) is 5.73 Å². The van der Waals surface area contributed by atoms with Crippen molar-refractivity contribution in [2.75, 3.05) is 11.9 Å². The van der Waals surface area contributed by atoms with Gasteiger partial charge in [-0.2, -0.15) is 0 Å². The van der Waals surface area contributed by atoms with Crippen molar-refractivity contribution in [1.29, 1.82) is 0 Å². The van der Waals surface area contributed by atoms with Crippen LogP contribution < -0.4 is 11.1 Å². The summed E-state index contributed by atoms with van der Waals surface area (Å²) in [7, 11) is 0. The Kier molecular flexibility index (Phi) is 4.03. The molecule has 0 spiro atoms. The van der Waals surface area contributed by atoms with Crippen molar-refractivity contribution in [1.82, 2.24) is 9.97 Å². The van der Waals surface area contributed by atoms with E-state index >= 15 is 0 Å². The molecular formula is C11H20N4. The Morgan fingerprint density at radius 1 is 1.33 bits per heavy atom. The van der Waals surface area contributed by atoms with Crippen LogP contribution in [0, 0.1) is 19.8 Å². The first-order valence-corrected chi connectivity index (χ1v) is 5.31. The topological polar surface area (TPSA) is 63.8 Å². The van der Waals surface area contributed by atoms with Gasteiger partial charge in [0.1, 0.15) is 11.6 Å². The molecule has 0 saturated carbocycles. The zero-order valence-electron chi connectivity index (χ0n) is 9.91. The van der Waals surface area contributed by atoms with E-state index in [2.05, 4.69) is 29.1 Å². The lowest BCUT2D eigenvalue weighted by atomic mass is 10.1. The molecule has 1 atom stereocenters. The molecular weight excluding hydrogens is 188 g/mol. The third kappa shape index (κ3) is 3.47. The molecule has 0 bridgehead atoms. The molecule has 1 aromatic rings. The molecule has 0 fully saturated rings. The Hall–Kier alpha value is -1.16. The maximum atomic E-state index is 5.69. The molecule has 0 amide bonds. The zero-order chi connectivity index (χ0) is 11.4. The summed E-state index contributed by atoms with van der Waals surface area (Å²) in [5.41, 5.74) is 6.67. The second kappa shape index (κ2) is 5.07. The van der Waals surface area contributed by atoms with Gasteiger partial charge in [-0.25, -0.2) is 9.97 Å². The zero-order valence-corrected chi connectivity index (χ0v) is 9.91. The SMILES string of the molecule is Cc1cc(NC(CN)C(C)C)nc(C)n1. The number of anilines is 1. The molecule has 1 aromatic heterocycles. The summed E-state index contributed by atoms with van der Waals surface area (Å²) in [4.78, 5) is 8.56. The number of hydrogen-bond donors (Lipinski definition) is 2. The van der Waals surface area contributed by atoms with Crippen LogP contribution in [0.15, 0.2) is 6.07 Å². The van der Waals surface area contributed by atoms with E-state index < -0.39 is 0 Å². The van der Waals surface area contributed by atoms with Gasteiger partial charge in [0.2, 0.25) is 0 Å². The monoisotopic (exact) mass is 208 g/mol. The maximum Gasteiger partial charge on any atom is 0.130 e. The van der Waals surface area contributed by atoms with Crippen molar-refractivity contribution in [3.63, 3.8) is 0 Å². The summed E-state index contributed by atoms with van der Waals surface area (Å²) >= 11 is 0. The van der Waals surface area contributed by atoms with Crippen LogP contribution in [-0.2, 0) is 0 Å². The number of aryl methyl sites for hydroxylation is 2. The Balaban J connectivity index is 2.79. The largest absolute Gasteiger partial charge is 0.366 e. The number of nitrogens with one attached hydrogen (secondary N) is 1. The predicted octanol–water partition coefficient (Wildman–Crippen LogP) is 1.49. The van der Waals surface area contributed by atoms with Crippen LogP contribution in [0.25, 0.3) is 0 Å². The van der Waals surface area contributed by atoms with Gasteiger partial charge in [-0.3, -0.25) is 0 Å². The van der Waals surface area contributed by atoms with Crippen LogP contribution in [0.3, 0.4) is 0 Å². The molecule has 0 saturated heterocycles. The van der Waals surface area contributed by atoms with Gasteiger partial charge >= 0.3 is 0 Å². The van der Waals surface area contributed by atoms with Gasteiger partial charge in [-0.05, 0) is 19.8 Å². The van der Waals surface area contributed by atoms with Crippen LogP contribution >= 0.6 is 0 Å². The van der Waals surface area contributed by atoms with Crippen LogP contribution in [0.4, 0.5) is 5.82 Å². The third-order valence-corrected chi connectivity index (χ3v) is 2.36. The van der Waals surface area contributed by atoms with Crippen molar-refractivity contribution < 1.29 is 0 Å². The summed E-state index contributed by atoms with van der Waals surface area (Å²) in [6.45, 7) is 8.76. The second-order valence-corrected chi connectivity index (χ2v) is 4.17. The highest BCUT2D eigenvalue weighted by molar-refractivity contribution is 5.37. The lowest BCUT2D eigenvalue weighted by Crippen LogP contribution is -2.34. The van der Waals surface area contributed by atoms with Crippen molar-refractivity contribution >= 4 is 5.82 Å². The summed E-state index contributed by atoms with van der Waals surface area (Å²) in [5, 5.41) is 3.33. The number of aromatic nitrogens is 2. The van der Waals surface area contributed by atoms with Crippen LogP contribution in [0.5, 0.6) is 0 Å². The minimum atomic E-state index is 0.263. The fourth-order valence-corrected chi connectivity index (χ4v) is 1.48. The van der Waals surface area contributed by atoms with Crippen LogP contribution in [0.2, 0.25) is 0 Å². The van der Waals surface area contributed by atoms with E-state index in [1.54, 1.807) is 0 Å². The van der Waals surface area contributed by atoms with Gasteiger partial charge in [0.15, 0.2) is 0 Å². The highest BCUT2D eigenvalue weighted by Crippen LogP contribution is 2.10. The predicted molar refractivity (Wildman–Crippen MR) is 62.8 cm³/mol. The highest BCUT2D eigenvalue weighted by atomic mass is 15.1. The molecule has 15 heavy (non-hydrogen) atoms. The van der Waals surface area contributed by atoms with Gasteiger partial charge in [-0.15, -0.1) is 0 Å². The molecule has 0 aliphatic carbocycles. The van der Waals surface area contributed by atoms with Crippen molar-refractivity contribution in [3.8, 4) is 0 Å². The molecule has 3 N–H and O–H groups in total. The third-order valence-electron chi connectivity index (χ3n) is 2.36. The van der Waals surface area contributed by atoms with Gasteiger partial charge in [0, 0.05) is 24.3 Å². The summed E-state index contributed by atoms with van der Waals surface area (Å²) in [6, 6.07) is 2.21. The summed E-state index contributed by atoms with van der Waals surface area (Å²) < 4.78 is 0. The number of hydrogen-bond acceptors (Lipinski definition) is 4. The first kappa shape index (κ1) is 11.9. The Labute approximate surface area is 91.3 Å². The standard InChI is InChI=1S/C11H20N4/c1-7(2)10(6-12)15-11-5-8(3)13-9(4)14-11/h5,7,10H,6,12H2,1-4H3,(H,13,14,15). The van der Waals surface area contributed by atoms with E-state index in [9.17, 15) is 0 Å². The minimum Gasteiger partial charge on any atom is -0.366 e. The fraction of sp³-hybridized carbons (Fsp3) is 0.636. The van der Waals surface area contributed by atoms with Crippen LogP contribution in [0.1, 0.15) is 25.4 Å². The van der Waals surface area contributed by atoms with E-state index in [-0.39, 0.29) is 6.04 Å². The summed E-state index contributed by atoms with van der Waals surface area (Å²) in [6.07, 6.45) is 0. The molecule has 1 unspecified atom stereocenters. The van der Waals surface area contributed by atoms with Gasteiger partial charge in [0.05, 0.1) is 0 Å². The van der Waals surface area contributed by atoms with E-state index in [1.807, 2.05) is 19.9 Å². The fourth-order valence-electron chi connectivity index (χ4n) is 1.48. The van der Waals surface area contributed by atoms with E-state index in [0.29, 0.717) is 12.5 Å². The first-order chi connectivity index (χ1) is 7.02. The van der Waals surface area contributed by atoms with Crippen LogP contribution in [-0.4, -0.2) is 22.6 Å². The normalized spacial score (nSPS) is 12.9. The second-order valence-electron chi connectivity index (χ2n) is 4.17. The molecule has 84 valence electrons. The Morgan fingerprint density at radius 3 is 2.47 bits per heavy atom. The lowest BCUT2D eigenvalue weighted by Gasteiger charge is -2.21. The van der Waals surface area contributed by atoms with Crippen molar-refractivity contribution in [2.24, 2.45) is 11.7 Å². The van der Waals surface area contributed by atoms with Crippen molar-refractivity contribution in [3.05, 3.63) is 17.6 Å². The van der Waals surface area contributed by atoms with Gasteiger partial charge in [-0.1, -0.05) is 13.8 Å². The molecule has 1 heterocycles. The quantitative estimate of drug-likeness (QED) is 0.787. The molecule has 0 aliphatic rings. The van der Waals surface area contributed by atoms with E-state index in [1.165, 1.54) is 0 Å². The molecule has 0 aromatic carbocycles. The molecule has 0 aliphatic heterocycles. The Morgan fingerprint density at radius 2 is 2.00 bits per heavy atom. The molecule has 1 rings (SSSR count). The molecule has 4 heteroatoms. The molecule has 0 radical (unpaired) electrons. The van der Waals surface area contributed by atoms with E-state index in [0.717, 1.165) is 17.3 Å². The Bertz CT molecular complexity index is 302. The summed E-state index contributed by atoms with van der Waals surface area (Å²) in [5.74, 6) is 2.15. The number of rotatable bonds is 4. The molecule has 4 nitrogen and oxygen atoms in total. The number of nitrogens with zero attached hydrogens (tertiary/aromatic N) is 2. The minimum absolute atomic E-state index is 0.263. The van der Waals surface area contributed by atoms with Crippen molar-refractivity contribution in [2.45, 2.75) is 33.7 Å². The average molecular weight is 208 g/mol.